The van der Waals surface area contributed by atoms with Crippen molar-refractivity contribution < 1.29 is 28.5 Å². The summed E-state index contributed by atoms with van der Waals surface area (Å²) in [5.41, 5.74) is 0. The van der Waals surface area contributed by atoms with Crippen LogP contribution in [-0.2, 0) is 18.7 Å². The SMILES string of the molecule is C=CC(=O)C(=O)COP(=O)(O)O. The van der Waals surface area contributed by atoms with Gasteiger partial charge in [-0.25, -0.2) is 4.57 Å². The van der Waals surface area contributed by atoms with Crippen LogP contribution in [0, 0.1) is 0 Å². The van der Waals surface area contributed by atoms with Gasteiger partial charge in [-0.1, -0.05) is 6.58 Å². The van der Waals surface area contributed by atoms with Gasteiger partial charge in [0, 0.05) is 0 Å². The van der Waals surface area contributed by atoms with E-state index in [1.54, 1.807) is 0 Å². The molecule has 0 saturated carbocycles. The first-order valence-corrected chi connectivity index (χ1v) is 4.29. The zero-order valence-corrected chi connectivity index (χ0v) is 6.86. The minimum Gasteiger partial charge on any atom is -0.303 e. The Kier molecular flexibility index (Phi) is 3.99. The van der Waals surface area contributed by atoms with Crippen molar-refractivity contribution in [3.8, 4) is 0 Å². The van der Waals surface area contributed by atoms with Gasteiger partial charge in [-0.05, 0) is 6.08 Å². The molecule has 0 unspecified atom stereocenters. The third-order valence-corrected chi connectivity index (χ3v) is 1.29. The second-order valence-electron chi connectivity index (χ2n) is 1.76. The maximum absolute atomic E-state index is 10.5. The van der Waals surface area contributed by atoms with Crippen molar-refractivity contribution in [2.24, 2.45) is 0 Å². The van der Waals surface area contributed by atoms with E-state index in [0.717, 1.165) is 6.08 Å². The minimum atomic E-state index is -4.68. The number of phosphoric ester groups is 1. The number of hydrogen-bond donors (Lipinski definition) is 2. The van der Waals surface area contributed by atoms with E-state index in [4.69, 9.17) is 9.79 Å². The molecule has 0 aliphatic carbocycles. The van der Waals surface area contributed by atoms with Crippen LogP contribution >= 0.6 is 7.82 Å². The first-order chi connectivity index (χ1) is 5.37. The molecular formula is C5H7O6P. The lowest BCUT2D eigenvalue weighted by molar-refractivity contribution is -0.135. The first-order valence-electron chi connectivity index (χ1n) is 2.76. The molecule has 0 bridgehead atoms. The number of allylic oxidation sites excluding steroid dienone is 1. The van der Waals surface area contributed by atoms with Crippen LogP contribution in [0.4, 0.5) is 0 Å². The van der Waals surface area contributed by atoms with Crippen LogP contribution in [-0.4, -0.2) is 28.0 Å². The highest BCUT2D eigenvalue weighted by Gasteiger charge is 2.18. The van der Waals surface area contributed by atoms with Crippen molar-refractivity contribution in [2.45, 2.75) is 0 Å². The summed E-state index contributed by atoms with van der Waals surface area (Å²) in [5, 5.41) is 0. The minimum absolute atomic E-state index is 0.741. The van der Waals surface area contributed by atoms with E-state index in [2.05, 4.69) is 11.1 Å². The lowest BCUT2D eigenvalue weighted by Crippen LogP contribution is -2.16. The number of phosphoric acid groups is 1. The van der Waals surface area contributed by atoms with Crippen molar-refractivity contribution in [3.05, 3.63) is 12.7 Å². The summed E-state index contributed by atoms with van der Waals surface area (Å²) in [4.78, 5) is 37.2. The third-order valence-electron chi connectivity index (χ3n) is 0.824. The highest BCUT2D eigenvalue weighted by atomic mass is 31.2. The molecule has 0 radical (unpaired) electrons. The third kappa shape index (κ3) is 4.92. The molecule has 0 saturated heterocycles. The largest absolute Gasteiger partial charge is 0.470 e. The number of Topliss-reactive ketones (excluding diaryl/α,β-unsaturated/α-hetero) is 1. The van der Waals surface area contributed by atoms with E-state index in [9.17, 15) is 14.2 Å². The second-order valence-corrected chi connectivity index (χ2v) is 2.99. The molecule has 0 atom stereocenters. The van der Waals surface area contributed by atoms with Gasteiger partial charge < -0.3 is 9.79 Å². The van der Waals surface area contributed by atoms with Gasteiger partial charge in [0.1, 0.15) is 6.61 Å². The summed E-state index contributed by atoms with van der Waals surface area (Å²) in [7, 11) is -4.68. The molecular weight excluding hydrogens is 187 g/mol. The highest BCUT2D eigenvalue weighted by molar-refractivity contribution is 7.46. The van der Waals surface area contributed by atoms with Crippen LogP contribution in [0.15, 0.2) is 12.7 Å². The Morgan fingerprint density at radius 1 is 1.50 bits per heavy atom. The summed E-state index contributed by atoms with van der Waals surface area (Å²) in [6.07, 6.45) is 0.741. The molecule has 0 amide bonds. The predicted molar refractivity (Wildman–Crippen MR) is 38.2 cm³/mol. The average Bonchev–Trinajstić information content (AvgIpc) is 1.97. The summed E-state index contributed by atoms with van der Waals surface area (Å²) in [5.74, 6) is -1.99. The Morgan fingerprint density at radius 2 is 2.00 bits per heavy atom. The van der Waals surface area contributed by atoms with Gasteiger partial charge >= 0.3 is 7.82 Å². The lowest BCUT2D eigenvalue weighted by atomic mass is 10.3. The number of carbonyl (C=O) groups excluding carboxylic acids is 2. The van der Waals surface area contributed by atoms with Crippen LogP contribution in [0.3, 0.4) is 0 Å². The molecule has 0 aliphatic heterocycles. The standard InChI is InChI=1S/C5H7O6P/c1-2-4(6)5(7)3-11-12(8,9)10/h2H,1,3H2,(H2,8,9,10). The molecule has 68 valence electrons. The fraction of sp³-hybridized carbons (Fsp3) is 0.200. The van der Waals surface area contributed by atoms with E-state index < -0.39 is 26.0 Å². The maximum atomic E-state index is 10.5. The molecule has 0 aromatic heterocycles. The molecule has 2 N–H and O–H groups in total. The van der Waals surface area contributed by atoms with Crippen molar-refractivity contribution in [2.75, 3.05) is 6.61 Å². The first kappa shape index (κ1) is 11.2. The molecule has 6 nitrogen and oxygen atoms in total. The van der Waals surface area contributed by atoms with Crippen LogP contribution in [0.5, 0.6) is 0 Å². The van der Waals surface area contributed by atoms with E-state index >= 15 is 0 Å². The van der Waals surface area contributed by atoms with Crippen LogP contribution in [0.1, 0.15) is 0 Å². The average molecular weight is 194 g/mol. The number of rotatable bonds is 5. The Hall–Kier alpha value is -0.810. The monoisotopic (exact) mass is 194 g/mol. The van der Waals surface area contributed by atoms with Gasteiger partial charge in [0.15, 0.2) is 0 Å². The van der Waals surface area contributed by atoms with Gasteiger partial charge in [-0.15, -0.1) is 0 Å². The van der Waals surface area contributed by atoms with Gasteiger partial charge in [0.25, 0.3) is 0 Å². The molecule has 0 aromatic rings. The van der Waals surface area contributed by atoms with Crippen molar-refractivity contribution in [1.29, 1.82) is 0 Å². The van der Waals surface area contributed by atoms with Crippen molar-refractivity contribution in [3.63, 3.8) is 0 Å². The smallest absolute Gasteiger partial charge is 0.303 e. The Morgan fingerprint density at radius 3 is 2.33 bits per heavy atom. The van der Waals surface area contributed by atoms with Gasteiger partial charge in [0.05, 0.1) is 0 Å². The molecule has 0 fully saturated rings. The summed E-state index contributed by atoms with van der Waals surface area (Å²) in [6, 6.07) is 0. The molecule has 0 aliphatic rings. The summed E-state index contributed by atoms with van der Waals surface area (Å²) >= 11 is 0. The van der Waals surface area contributed by atoms with Gasteiger partial charge in [-0.2, -0.15) is 0 Å². The lowest BCUT2D eigenvalue weighted by Gasteiger charge is -2.01. The molecule has 12 heavy (non-hydrogen) atoms. The molecule has 0 heterocycles. The van der Waals surface area contributed by atoms with E-state index in [1.165, 1.54) is 0 Å². The Balaban J connectivity index is 3.97. The maximum Gasteiger partial charge on any atom is 0.470 e. The van der Waals surface area contributed by atoms with Crippen LogP contribution in [0.2, 0.25) is 0 Å². The Bertz CT molecular complexity index is 251. The van der Waals surface area contributed by atoms with Gasteiger partial charge in [0.2, 0.25) is 11.6 Å². The molecule has 0 rings (SSSR count). The Labute approximate surface area is 68.1 Å². The van der Waals surface area contributed by atoms with Crippen molar-refractivity contribution >= 4 is 19.4 Å². The molecule has 0 aromatic carbocycles. The highest BCUT2D eigenvalue weighted by Crippen LogP contribution is 2.35. The number of ketones is 2. The predicted octanol–water partition coefficient (Wildman–Crippen LogP) is -0.580. The molecule has 7 heteroatoms. The quantitative estimate of drug-likeness (QED) is 0.345. The fourth-order valence-electron chi connectivity index (χ4n) is 0.328. The normalized spacial score (nSPS) is 10.8. The van der Waals surface area contributed by atoms with Crippen LogP contribution in [0.25, 0.3) is 0 Å². The van der Waals surface area contributed by atoms with Crippen molar-refractivity contribution in [1.82, 2.24) is 0 Å². The molecule has 0 spiro atoms. The van der Waals surface area contributed by atoms with Crippen LogP contribution < -0.4 is 0 Å². The second kappa shape index (κ2) is 4.27. The summed E-state index contributed by atoms with van der Waals surface area (Å²) < 4.78 is 13.8. The zero-order chi connectivity index (χ0) is 9.78. The number of carbonyl (C=O) groups is 2. The van der Waals surface area contributed by atoms with E-state index in [-0.39, 0.29) is 0 Å². The van der Waals surface area contributed by atoms with E-state index in [1.807, 2.05) is 0 Å². The fourth-order valence-corrected chi connectivity index (χ4v) is 0.613. The number of hydrogen-bond acceptors (Lipinski definition) is 4. The zero-order valence-electron chi connectivity index (χ0n) is 5.97. The van der Waals surface area contributed by atoms with Gasteiger partial charge in [-0.3, -0.25) is 14.1 Å². The van der Waals surface area contributed by atoms with E-state index in [0.29, 0.717) is 0 Å². The summed E-state index contributed by atoms with van der Waals surface area (Å²) in [6.45, 7) is 2.07. The topological polar surface area (TPSA) is 101 Å².